The minimum atomic E-state index is -3.72. The van der Waals surface area contributed by atoms with Gasteiger partial charge in [-0.25, -0.2) is 0 Å². The topological polar surface area (TPSA) is 168 Å². The lowest BCUT2D eigenvalue weighted by molar-refractivity contribution is -0.441. The maximum Gasteiger partial charge on any atom is 0.280 e. The molecule has 0 aliphatic heterocycles. The molecular formula is C8H19NO7. The highest BCUT2D eigenvalue weighted by Crippen LogP contribution is 2.36. The van der Waals surface area contributed by atoms with Crippen LogP contribution in [-0.4, -0.2) is 59.3 Å². The molecule has 0 aliphatic rings. The van der Waals surface area contributed by atoms with Crippen LogP contribution >= 0.6 is 0 Å². The summed E-state index contributed by atoms with van der Waals surface area (Å²) in [5.41, 5.74) is 1.64. The van der Waals surface area contributed by atoms with Crippen molar-refractivity contribution in [3.8, 4) is 0 Å². The Kier molecular flexibility index (Phi) is 4.42. The number of aliphatic hydroxyl groups is 7. The van der Waals surface area contributed by atoms with Gasteiger partial charge in [-0.15, -0.1) is 0 Å². The van der Waals surface area contributed by atoms with Crippen molar-refractivity contribution in [3.05, 3.63) is 0 Å². The van der Waals surface area contributed by atoms with Crippen molar-refractivity contribution in [3.63, 3.8) is 0 Å². The molecule has 9 N–H and O–H groups in total. The average Bonchev–Trinajstić information content (AvgIpc) is 2.12. The van der Waals surface area contributed by atoms with Crippen molar-refractivity contribution in [2.24, 2.45) is 11.7 Å². The first kappa shape index (κ1) is 15.7. The summed E-state index contributed by atoms with van der Waals surface area (Å²) in [5.74, 6) is -8.41. The van der Waals surface area contributed by atoms with Gasteiger partial charge in [-0.3, -0.25) is 5.73 Å². The van der Waals surface area contributed by atoms with Gasteiger partial charge in [0, 0.05) is 0 Å². The Morgan fingerprint density at radius 2 is 1.44 bits per heavy atom. The summed E-state index contributed by atoms with van der Waals surface area (Å²) in [5, 5.41) is 64.4. The van der Waals surface area contributed by atoms with Gasteiger partial charge < -0.3 is 35.7 Å². The number of hydrogen-bond donors (Lipinski definition) is 8. The SMILES string of the molecule is CCC(C)C(O)(C(O)O)C(O)(O)C(N)(O)O. The molecule has 0 saturated heterocycles. The molecule has 0 radical (unpaired) electrons. The molecule has 98 valence electrons. The Morgan fingerprint density at radius 3 is 1.62 bits per heavy atom. The predicted molar refractivity (Wildman–Crippen MR) is 51.2 cm³/mol. The first-order valence-corrected chi connectivity index (χ1v) is 4.69. The molecule has 2 atom stereocenters. The lowest BCUT2D eigenvalue weighted by atomic mass is 9.77. The number of rotatable bonds is 5. The predicted octanol–water partition coefficient (Wildman–Crippen LogP) is -3.65. The Bertz CT molecular complexity index is 237. The zero-order valence-electron chi connectivity index (χ0n) is 9.07. The van der Waals surface area contributed by atoms with Crippen molar-refractivity contribution in [1.82, 2.24) is 0 Å². The maximum absolute atomic E-state index is 9.82. The van der Waals surface area contributed by atoms with E-state index in [1.54, 1.807) is 0 Å². The second-order valence-electron chi connectivity index (χ2n) is 3.91. The van der Waals surface area contributed by atoms with Crippen molar-refractivity contribution in [2.75, 3.05) is 0 Å². The fourth-order valence-electron chi connectivity index (χ4n) is 1.38. The quantitative estimate of drug-likeness (QED) is 0.228. The molecule has 8 heteroatoms. The molecule has 0 fully saturated rings. The molecule has 0 aromatic heterocycles. The highest BCUT2D eigenvalue weighted by atomic mass is 16.6. The third-order valence-corrected chi connectivity index (χ3v) is 2.83. The second kappa shape index (κ2) is 4.51. The Hall–Kier alpha value is -0.320. The van der Waals surface area contributed by atoms with Gasteiger partial charge in [0.2, 0.25) is 0 Å². The first-order chi connectivity index (χ1) is 6.92. The van der Waals surface area contributed by atoms with E-state index in [1.165, 1.54) is 13.8 Å². The van der Waals surface area contributed by atoms with Crippen LogP contribution in [0.25, 0.3) is 0 Å². The third kappa shape index (κ3) is 2.19. The summed E-state index contributed by atoms with van der Waals surface area (Å²) < 4.78 is 0. The van der Waals surface area contributed by atoms with Gasteiger partial charge in [0.25, 0.3) is 11.7 Å². The van der Waals surface area contributed by atoms with Crippen LogP contribution in [0.2, 0.25) is 0 Å². The fourth-order valence-corrected chi connectivity index (χ4v) is 1.38. The van der Waals surface area contributed by atoms with Crippen molar-refractivity contribution < 1.29 is 35.7 Å². The zero-order chi connectivity index (χ0) is 13.4. The van der Waals surface area contributed by atoms with Crippen LogP contribution in [0, 0.1) is 5.92 Å². The van der Waals surface area contributed by atoms with Gasteiger partial charge in [0.05, 0.1) is 0 Å². The van der Waals surface area contributed by atoms with Crippen LogP contribution in [0.3, 0.4) is 0 Å². The highest BCUT2D eigenvalue weighted by molar-refractivity contribution is 5.02. The van der Waals surface area contributed by atoms with Gasteiger partial charge in [0.15, 0.2) is 11.9 Å². The second-order valence-corrected chi connectivity index (χ2v) is 3.91. The minimum Gasteiger partial charge on any atom is -0.379 e. The Balaban J connectivity index is 5.54. The van der Waals surface area contributed by atoms with Crippen LogP contribution in [0.1, 0.15) is 20.3 Å². The Morgan fingerprint density at radius 1 is 1.06 bits per heavy atom. The highest BCUT2D eigenvalue weighted by Gasteiger charge is 2.65. The lowest BCUT2D eigenvalue weighted by Gasteiger charge is -2.47. The molecule has 8 nitrogen and oxygen atoms in total. The maximum atomic E-state index is 9.82. The fraction of sp³-hybridized carbons (Fsp3) is 1.00. The average molecular weight is 241 g/mol. The van der Waals surface area contributed by atoms with Gasteiger partial charge in [0.1, 0.15) is 0 Å². The van der Waals surface area contributed by atoms with E-state index >= 15 is 0 Å². The summed E-state index contributed by atoms with van der Waals surface area (Å²) >= 11 is 0. The van der Waals surface area contributed by atoms with Crippen LogP contribution in [0.5, 0.6) is 0 Å². The third-order valence-electron chi connectivity index (χ3n) is 2.83. The van der Waals surface area contributed by atoms with E-state index in [4.69, 9.17) is 20.4 Å². The van der Waals surface area contributed by atoms with E-state index in [2.05, 4.69) is 5.73 Å². The molecule has 2 unspecified atom stereocenters. The summed E-state index contributed by atoms with van der Waals surface area (Å²) in [4.78, 5) is 0. The summed E-state index contributed by atoms with van der Waals surface area (Å²) in [6.45, 7) is 2.77. The van der Waals surface area contributed by atoms with Crippen LogP contribution < -0.4 is 5.73 Å². The molecule has 0 saturated carbocycles. The van der Waals surface area contributed by atoms with E-state index in [0.717, 1.165) is 0 Å². The van der Waals surface area contributed by atoms with Crippen LogP contribution in [-0.2, 0) is 0 Å². The summed E-state index contributed by atoms with van der Waals surface area (Å²) in [6.07, 6.45) is -2.52. The molecule has 0 heterocycles. The first-order valence-electron chi connectivity index (χ1n) is 4.69. The van der Waals surface area contributed by atoms with Crippen molar-refractivity contribution in [1.29, 1.82) is 0 Å². The summed E-state index contributed by atoms with van der Waals surface area (Å²) in [7, 11) is 0. The molecule has 0 aliphatic carbocycles. The number of hydrogen-bond acceptors (Lipinski definition) is 8. The minimum absolute atomic E-state index is 0.104. The monoisotopic (exact) mass is 241 g/mol. The van der Waals surface area contributed by atoms with Gasteiger partial charge in [-0.2, -0.15) is 0 Å². The van der Waals surface area contributed by atoms with E-state index < -0.39 is 29.5 Å². The Labute approximate surface area is 92.2 Å². The number of nitrogens with two attached hydrogens (primary N) is 1. The molecule has 0 amide bonds. The molecule has 0 bridgehead atoms. The standard InChI is InChI=1S/C8H19NO7/c1-3-4(2)6(12,5(10)11)7(13,14)8(9,15)16/h4-5,10-16H,3,9H2,1-2H3. The molecule has 0 spiro atoms. The van der Waals surface area contributed by atoms with E-state index in [1.807, 2.05) is 0 Å². The number of aliphatic hydroxyl groups excluding tert-OH is 1. The normalized spacial score (nSPS) is 19.7. The molecule has 0 rings (SSSR count). The summed E-state index contributed by atoms with van der Waals surface area (Å²) in [6, 6.07) is 0. The molecule has 0 aromatic rings. The van der Waals surface area contributed by atoms with Crippen LogP contribution in [0.4, 0.5) is 0 Å². The van der Waals surface area contributed by atoms with Gasteiger partial charge >= 0.3 is 0 Å². The van der Waals surface area contributed by atoms with Crippen molar-refractivity contribution in [2.45, 2.75) is 43.9 Å². The van der Waals surface area contributed by atoms with Crippen LogP contribution in [0.15, 0.2) is 0 Å². The van der Waals surface area contributed by atoms with Gasteiger partial charge in [-0.05, 0) is 5.92 Å². The largest absolute Gasteiger partial charge is 0.379 e. The lowest BCUT2D eigenvalue weighted by Crippen LogP contribution is -2.77. The van der Waals surface area contributed by atoms with E-state index in [-0.39, 0.29) is 6.42 Å². The van der Waals surface area contributed by atoms with Gasteiger partial charge in [-0.1, -0.05) is 20.3 Å². The van der Waals surface area contributed by atoms with E-state index in [9.17, 15) is 15.3 Å². The molecular weight excluding hydrogens is 222 g/mol. The molecule has 0 aromatic carbocycles. The smallest absolute Gasteiger partial charge is 0.280 e. The molecule has 16 heavy (non-hydrogen) atoms. The van der Waals surface area contributed by atoms with Crippen molar-refractivity contribution >= 4 is 0 Å². The zero-order valence-corrected chi connectivity index (χ0v) is 9.07. The van der Waals surface area contributed by atoms with E-state index in [0.29, 0.717) is 0 Å².